The second kappa shape index (κ2) is 8.09. The van der Waals surface area contributed by atoms with Crippen LogP contribution in [0.1, 0.15) is 17.4 Å². The van der Waals surface area contributed by atoms with Crippen molar-refractivity contribution in [2.45, 2.75) is 13.0 Å². The van der Waals surface area contributed by atoms with Gasteiger partial charge in [-0.15, -0.1) is 24.8 Å². The van der Waals surface area contributed by atoms with E-state index >= 15 is 0 Å². The number of fused-ring (bicyclic) bond motifs is 1. The summed E-state index contributed by atoms with van der Waals surface area (Å²) in [5.41, 5.74) is 1.41. The van der Waals surface area contributed by atoms with Crippen molar-refractivity contribution >= 4 is 42.2 Å². The number of aryl methyl sites for hydroxylation is 1. The topological polar surface area (TPSA) is 32.3 Å². The molecule has 136 valence electrons. The Balaban J connectivity index is 0.00000113. The van der Waals surface area contributed by atoms with Gasteiger partial charge in [0.1, 0.15) is 10.8 Å². The molecule has 2 aliphatic rings. The summed E-state index contributed by atoms with van der Waals surface area (Å²) >= 11 is 6.34. The number of anilines is 1. The third-order valence-electron chi connectivity index (χ3n) is 5.18. The summed E-state index contributed by atoms with van der Waals surface area (Å²) in [6.45, 7) is 5.07. The van der Waals surface area contributed by atoms with E-state index in [2.05, 4.69) is 57.1 Å². The zero-order valence-corrected chi connectivity index (χ0v) is 16.7. The molecule has 1 aromatic carbocycles. The van der Waals surface area contributed by atoms with E-state index in [1.54, 1.807) is 6.20 Å². The highest BCUT2D eigenvalue weighted by Crippen LogP contribution is 2.45. The van der Waals surface area contributed by atoms with E-state index in [0.717, 1.165) is 31.3 Å². The molecule has 3 heterocycles. The molecular formula is C18H23Cl3N4. The van der Waals surface area contributed by atoms with Crippen LogP contribution in [0.15, 0.2) is 36.5 Å². The van der Waals surface area contributed by atoms with Crippen molar-refractivity contribution in [3.05, 3.63) is 52.9 Å². The van der Waals surface area contributed by atoms with Crippen LogP contribution >= 0.6 is 36.4 Å². The second-order valence-corrected chi connectivity index (χ2v) is 7.12. The summed E-state index contributed by atoms with van der Waals surface area (Å²) in [5, 5.41) is 0.653. The van der Waals surface area contributed by atoms with Crippen molar-refractivity contribution in [2.75, 3.05) is 31.6 Å². The first kappa shape index (κ1) is 20.2. The molecule has 2 fully saturated rings. The second-order valence-electron chi connectivity index (χ2n) is 6.71. The maximum Gasteiger partial charge on any atom is 0.151 e. The fourth-order valence-electron chi connectivity index (χ4n) is 4.25. The Kier molecular flexibility index (Phi) is 6.55. The highest BCUT2D eigenvalue weighted by atomic mass is 35.5. The fraction of sp³-hybridized carbons (Fsp3) is 0.444. The van der Waals surface area contributed by atoms with Gasteiger partial charge in [0.25, 0.3) is 0 Å². The molecule has 0 amide bonds. The number of hydrogen-bond donors (Lipinski definition) is 0. The van der Waals surface area contributed by atoms with Gasteiger partial charge in [0.15, 0.2) is 5.82 Å². The molecule has 4 nitrogen and oxygen atoms in total. The molecule has 0 bridgehead atoms. The van der Waals surface area contributed by atoms with E-state index < -0.39 is 0 Å². The third-order valence-corrected chi connectivity index (χ3v) is 5.45. The SMILES string of the molecule is Cc1ncc(Cl)c(N2C[C@@H]3CN(C)[C@@H](c4ccccc4)[C@@H]3C2)n1.Cl.Cl. The number of aromatic nitrogens is 2. The summed E-state index contributed by atoms with van der Waals surface area (Å²) < 4.78 is 0. The first-order valence-electron chi connectivity index (χ1n) is 8.13. The van der Waals surface area contributed by atoms with Crippen LogP contribution < -0.4 is 4.90 Å². The van der Waals surface area contributed by atoms with E-state index in [0.29, 0.717) is 22.9 Å². The summed E-state index contributed by atoms with van der Waals surface area (Å²) in [6, 6.07) is 11.3. The first-order valence-corrected chi connectivity index (χ1v) is 8.50. The number of likely N-dealkylation sites (tertiary alicyclic amines) is 1. The number of halogens is 3. The Morgan fingerprint density at radius 2 is 1.80 bits per heavy atom. The molecule has 0 radical (unpaired) electrons. The average Bonchev–Trinajstić information content (AvgIpc) is 3.07. The molecule has 4 rings (SSSR count). The van der Waals surface area contributed by atoms with Gasteiger partial charge in [-0.2, -0.15) is 0 Å². The third kappa shape index (κ3) is 3.72. The van der Waals surface area contributed by atoms with Crippen molar-refractivity contribution in [3.63, 3.8) is 0 Å². The minimum absolute atomic E-state index is 0. The molecule has 7 heteroatoms. The highest BCUT2D eigenvalue weighted by Gasteiger charge is 2.46. The summed E-state index contributed by atoms with van der Waals surface area (Å²) in [5.74, 6) is 2.95. The molecule has 3 atom stereocenters. The van der Waals surface area contributed by atoms with Gasteiger partial charge in [-0.05, 0) is 25.5 Å². The minimum Gasteiger partial charge on any atom is -0.355 e. The van der Waals surface area contributed by atoms with Crippen LogP contribution in [0.4, 0.5) is 5.82 Å². The molecule has 25 heavy (non-hydrogen) atoms. The van der Waals surface area contributed by atoms with Gasteiger partial charge in [0.2, 0.25) is 0 Å². The molecular weight excluding hydrogens is 379 g/mol. The molecule has 2 aliphatic heterocycles. The molecule has 0 saturated carbocycles. The predicted octanol–water partition coefficient (Wildman–Crippen LogP) is 4.02. The Bertz CT molecular complexity index is 713. The quantitative estimate of drug-likeness (QED) is 0.761. The standard InChI is InChI=1S/C18H21ClN4.2ClH/c1-12-20-8-16(19)18(21-12)23-10-14-9-22(2)17(15(14)11-23)13-6-4-3-5-7-13;;/h3-8,14-15,17H,9-11H2,1-2H3;2*1H/t14-,15+,17-;;/m0../s1. The van der Waals surface area contributed by atoms with Crippen LogP contribution in [0.2, 0.25) is 5.02 Å². The highest BCUT2D eigenvalue weighted by molar-refractivity contribution is 6.32. The van der Waals surface area contributed by atoms with Crippen LogP contribution in [0, 0.1) is 18.8 Å². The smallest absolute Gasteiger partial charge is 0.151 e. The van der Waals surface area contributed by atoms with Gasteiger partial charge in [0.05, 0.1) is 6.20 Å². The van der Waals surface area contributed by atoms with Gasteiger partial charge < -0.3 is 4.90 Å². The lowest BCUT2D eigenvalue weighted by Gasteiger charge is -2.27. The Hall–Kier alpha value is -1.07. The number of rotatable bonds is 2. The van der Waals surface area contributed by atoms with E-state index in [1.165, 1.54) is 5.56 Å². The van der Waals surface area contributed by atoms with Gasteiger partial charge in [-0.1, -0.05) is 41.9 Å². The van der Waals surface area contributed by atoms with Gasteiger partial charge in [0, 0.05) is 31.6 Å². The largest absolute Gasteiger partial charge is 0.355 e. The number of hydrogen-bond acceptors (Lipinski definition) is 4. The van der Waals surface area contributed by atoms with Crippen LogP contribution in [0.25, 0.3) is 0 Å². The Labute approximate surface area is 166 Å². The summed E-state index contributed by atoms with van der Waals surface area (Å²) in [4.78, 5) is 13.6. The van der Waals surface area contributed by atoms with Crippen molar-refractivity contribution < 1.29 is 0 Å². The maximum absolute atomic E-state index is 6.34. The fourth-order valence-corrected chi connectivity index (χ4v) is 4.46. The summed E-state index contributed by atoms with van der Waals surface area (Å²) in [7, 11) is 2.24. The molecule has 0 N–H and O–H groups in total. The zero-order valence-electron chi connectivity index (χ0n) is 14.3. The summed E-state index contributed by atoms with van der Waals surface area (Å²) in [6.07, 6.45) is 1.72. The lowest BCUT2D eigenvalue weighted by molar-refractivity contribution is 0.279. The van der Waals surface area contributed by atoms with E-state index in [9.17, 15) is 0 Å². The first-order chi connectivity index (χ1) is 11.1. The van der Waals surface area contributed by atoms with E-state index in [4.69, 9.17) is 11.6 Å². The van der Waals surface area contributed by atoms with Gasteiger partial charge in [-0.25, -0.2) is 9.97 Å². The van der Waals surface area contributed by atoms with Crippen molar-refractivity contribution in [3.8, 4) is 0 Å². The maximum atomic E-state index is 6.34. The van der Waals surface area contributed by atoms with Crippen LogP contribution in [-0.4, -0.2) is 41.5 Å². The Morgan fingerprint density at radius 1 is 1.08 bits per heavy atom. The molecule has 2 aromatic rings. The number of nitrogens with zero attached hydrogens (tertiary/aromatic N) is 4. The normalized spacial score (nSPS) is 25.2. The van der Waals surface area contributed by atoms with E-state index in [-0.39, 0.29) is 24.8 Å². The zero-order chi connectivity index (χ0) is 16.0. The number of benzene rings is 1. The lowest BCUT2D eigenvalue weighted by Crippen LogP contribution is -2.29. The monoisotopic (exact) mass is 400 g/mol. The van der Waals surface area contributed by atoms with E-state index in [1.807, 2.05) is 6.92 Å². The predicted molar refractivity (Wildman–Crippen MR) is 107 cm³/mol. The molecule has 0 spiro atoms. The van der Waals surface area contributed by atoms with Gasteiger partial charge in [-0.3, -0.25) is 4.90 Å². The molecule has 2 saturated heterocycles. The average molecular weight is 402 g/mol. The van der Waals surface area contributed by atoms with Crippen molar-refractivity contribution in [1.82, 2.24) is 14.9 Å². The minimum atomic E-state index is 0. The molecule has 1 aromatic heterocycles. The van der Waals surface area contributed by atoms with Crippen molar-refractivity contribution in [1.29, 1.82) is 0 Å². The molecule has 0 aliphatic carbocycles. The molecule has 0 unspecified atom stereocenters. The van der Waals surface area contributed by atoms with Crippen molar-refractivity contribution in [2.24, 2.45) is 11.8 Å². The van der Waals surface area contributed by atoms with Crippen LogP contribution in [-0.2, 0) is 0 Å². The Morgan fingerprint density at radius 3 is 2.52 bits per heavy atom. The van der Waals surface area contributed by atoms with Crippen LogP contribution in [0.5, 0.6) is 0 Å². The van der Waals surface area contributed by atoms with Gasteiger partial charge >= 0.3 is 0 Å². The lowest BCUT2D eigenvalue weighted by atomic mass is 9.90. The van der Waals surface area contributed by atoms with Crippen LogP contribution in [0.3, 0.4) is 0 Å².